The number of aromatic nitrogens is 2. The highest BCUT2D eigenvalue weighted by molar-refractivity contribution is 9.10. The molecule has 0 unspecified atom stereocenters. The number of nitrogens with zero attached hydrogens (tertiary/aromatic N) is 1. The van der Waals surface area contributed by atoms with Crippen molar-refractivity contribution in [3.05, 3.63) is 28.5 Å². The summed E-state index contributed by atoms with van der Waals surface area (Å²) in [7, 11) is 0. The summed E-state index contributed by atoms with van der Waals surface area (Å²) in [5, 5.41) is 1.21. The van der Waals surface area contributed by atoms with Crippen LogP contribution in [-0.4, -0.2) is 9.97 Å². The van der Waals surface area contributed by atoms with E-state index in [0.717, 1.165) is 16.7 Å². The molecule has 0 atom stereocenters. The standard InChI is InChI=1S/C9H9BrN2/c1-2-6-7-4-3-5-11-9(7)12-8(6)10/h3-5H,2H2,1H3,(H,11,12). The van der Waals surface area contributed by atoms with E-state index in [4.69, 9.17) is 0 Å². The summed E-state index contributed by atoms with van der Waals surface area (Å²) in [5.41, 5.74) is 2.26. The molecule has 0 radical (unpaired) electrons. The van der Waals surface area contributed by atoms with Crippen molar-refractivity contribution < 1.29 is 0 Å². The molecule has 0 bridgehead atoms. The molecule has 0 aliphatic heterocycles. The fraction of sp³-hybridized carbons (Fsp3) is 0.222. The summed E-state index contributed by atoms with van der Waals surface area (Å²) in [5.74, 6) is 0. The molecular formula is C9H9BrN2. The van der Waals surface area contributed by atoms with Gasteiger partial charge in [-0.25, -0.2) is 4.98 Å². The first kappa shape index (κ1) is 7.80. The minimum atomic E-state index is 0.959. The van der Waals surface area contributed by atoms with Crippen molar-refractivity contribution in [1.82, 2.24) is 9.97 Å². The molecule has 2 aromatic rings. The molecular weight excluding hydrogens is 216 g/mol. The number of fused-ring (bicyclic) bond motifs is 1. The van der Waals surface area contributed by atoms with Crippen LogP contribution in [0.5, 0.6) is 0 Å². The summed E-state index contributed by atoms with van der Waals surface area (Å²) < 4.78 is 1.05. The van der Waals surface area contributed by atoms with Gasteiger partial charge in [-0.3, -0.25) is 0 Å². The molecule has 0 aliphatic carbocycles. The van der Waals surface area contributed by atoms with Crippen LogP contribution in [0.4, 0.5) is 0 Å². The molecule has 1 N–H and O–H groups in total. The lowest BCUT2D eigenvalue weighted by Gasteiger charge is -1.91. The zero-order valence-electron chi connectivity index (χ0n) is 6.76. The van der Waals surface area contributed by atoms with Crippen LogP contribution in [0.1, 0.15) is 12.5 Å². The Balaban J connectivity index is 2.81. The Bertz CT molecular complexity index is 406. The Morgan fingerprint density at radius 2 is 2.42 bits per heavy atom. The molecule has 2 heterocycles. The highest BCUT2D eigenvalue weighted by atomic mass is 79.9. The third-order valence-electron chi connectivity index (χ3n) is 1.98. The molecule has 2 aromatic heterocycles. The maximum absolute atomic E-state index is 4.23. The average molecular weight is 225 g/mol. The number of nitrogens with one attached hydrogen (secondary N) is 1. The minimum Gasteiger partial charge on any atom is -0.334 e. The summed E-state index contributed by atoms with van der Waals surface area (Å²) in [6.45, 7) is 2.14. The molecule has 62 valence electrons. The lowest BCUT2D eigenvalue weighted by atomic mass is 10.2. The summed E-state index contributed by atoms with van der Waals surface area (Å²) in [6, 6.07) is 4.05. The summed E-state index contributed by atoms with van der Waals surface area (Å²) in [6.07, 6.45) is 2.82. The van der Waals surface area contributed by atoms with Crippen LogP contribution in [0, 0.1) is 0 Å². The van der Waals surface area contributed by atoms with E-state index in [1.807, 2.05) is 6.07 Å². The second-order valence-electron chi connectivity index (χ2n) is 2.67. The largest absolute Gasteiger partial charge is 0.334 e. The Hall–Kier alpha value is -0.830. The molecule has 2 nitrogen and oxygen atoms in total. The van der Waals surface area contributed by atoms with Crippen molar-refractivity contribution in [3.8, 4) is 0 Å². The number of halogens is 1. The topological polar surface area (TPSA) is 28.7 Å². The van der Waals surface area contributed by atoms with Gasteiger partial charge in [0.15, 0.2) is 0 Å². The number of aryl methyl sites for hydroxylation is 1. The quantitative estimate of drug-likeness (QED) is 0.794. The maximum atomic E-state index is 4.23. The molecule has 0 aliphatic rings. The van der Waals surface area contributed by atoms with Crippen molar-refractivity contribution in [1.29, 1.82) is 0 Å². The van der Waals surface area contributed by atoms with Crippen molar-refractivity contribution in [3.63, 3.8) is 0 Å². The number of H-pyrrole nitrogens is 1. The van der Waals surface area contributed by atoms with Gasteiger partial charge in [-0.1, -0.05) is 6.92 Å². The minimum absolute atomic E-state index is 0.959. The first-order chi connectivity index (χ1) is 5.83. The third-order valence-corrected chi connectivity index (χ3v) is 2.66. The van der Waals surface area contributed by atoms with Gasteiger partial charge in [-0.15, -0.1) is 0 Å². The normalized spacial score (nSPS) is 10.8. The fourth-order valence-corrected chi connectivity index (χ4v) is 2.07. The van der Waals surface area contributed by atoms with Crippen LogP contribution in [0.15, 0.2) is 22.9 Å². The van der Waals surface area contributed by atoms with Crippen molar-refractivity contribution >= 4 is 27.0 Å². The Morgan fingerprint density at radius 3 is 3.17 bits per heavy atom. The second-order valence-corrected chi connectivity index (χ2v) is 3.46. The van der Waals surface area contributed by atoms with E-state index in [1.165, 1.54) is 10.9 Å². The highest BCUT2D eigenvalue weighted by Gasteiger charge is 2.06. The number of aromatic amines is 1. The molecule has 0 spiro atoms. The van der Waals surface area contributed by atoms with Gasteiger partial charge < -0.3 is 4.98 Å². The number of hydrogen-bond donors (Lipinski definition) is 1. The predicted octanol–water partition coefficient (Wildman–Crippen LogP) is 2.89. The lowest BCUT2D eigenvalue weighted by molar-refractivity contribution is 1.14. The Labute approximate surface area is 79.1 Å². The van der Waals surface area contributed by atoms with E-state index in [-0.39, 0.29) is 0 Å². The fourth-order valence-electron chi connectivity index (χ4n) is 1.39. The van der Waals surface area contributed by atoms with E-state index in [0.29, 0.717) is 0 Å². The average Bonchev–Trinajstić information content (AvgIpc) is 2.40. The van der Waals surface area contributed by atoms with Crippen LogP contribution < -0.4 is 0 Å². The predicted molar refractivity (Wildman–Crippen MR) is 53.2 cm³/mol. The van der Waals surface area contributed by atoms with Gasteiger partial charge in [0.05, 0.1) is 4.60 Å². The van der Waals surface area contributed by atoms with Gasteiger partial charge in [0.1, 0.15) is 5.65 Å². The van der Waals surface area contributed by atoms with Gasteiger partial charge >= 0.3 is 0 Å². The second kappa shape index (κ2) is 2.90. The number of hydrogen-bond acceptors (Lipinski definition) is 1. The van der Waals surface area contributed by atoms with Crippen molar-refractivity contribution in [2.45, 2.75) is 13.3 Å². The van der Waals surface area contributed by atoms with Crippen LogP contribution >= 0.6 is 15.9 Å². The molecule has 0 fully saturated rings. The molecule has 0 amide bonds. The molecule has 0 saturated heterocycles. The van der Waals surface area contributed by atoms with Gasteiger partial charge in [-0.05, 0) is 40.0 Å². The van der Waals surface area contributed by atoms with E-state index >= 15 is 0 Å². The third kappa shape index (κ3) is 1.05. The highest BCUT2D eigenvalue weighted by Crippen LogP contribution is 2.24. The van der Waals surface area contributed by atoms with Gasteiger partial charge in [0.2, 0.25) is 0 Å². The van der Waals surface area contributed by atoms with Crippen molar-refractivity contribution in [2.75, 3.05) is 0 Å². The Kier molecular flexibility index (Phi) is 1.89. The van der Waals surface area contributed by atoms with E-state index in [2.05, 4.69) is 38.9 Å². The number of rotatable bonds is 1. The first-order valence-electron chi connectivity index (χ1n) is 3.94. The molecule has 0 saturated carbocycles. The first-order valence-corrected chi connectivity index (χ1v) is 4.73. The summed E-state index contributed by atoms with van der Waals surface area (Å²) in [4.78, 5) is 7.41. The van der Waals surface area contributed by atoms with E-state index in [1.54, 1.807) is 6.20 Å². The van der Waals surface area contributed by atoms with Gasteiger partial charge in [0.25, 0.3) is 0 Å². The molecule has 12 heavy (non-hydrogen) atoms. The monoisotopic (exact) mass is 224 g/mol. The zero-order valence-corrected chi connectivity index (χ0v) is 8.35. The van der Waals surface area contributed by atoms with Crippen LogP contribution in [0.2, 0.25) is 0 Å². The van der Waals surface area contributed by atoms with Gasteiger partial charge in [-0.2, -0.15) is 0 Å². The van der Waals surface area contributed by atoms with Crippen LogP contribution in [0.3, 0.4) is 0 Å². The Morgan fingerprint density at radius 1 is 1.58 bits per heavy atom. The molecule has 3 heteroatoms. The van der Waals surface area contributed by atoms with Crippen LogP contribution in [-0.2, 0) is 6.42 Å². The maximum Gasteiger partial charge on any atom is 0.138 e. The number of pyridine rings is 1. The van der Waals surface area contributed by atoms with E-state index < -0.39 is 0 Å². The smallest absolute Gasteiger partial charge is 0.138 e. The van der Waals surface area contributed by atoms with Crippen molar-refractivity contribution in [2.24, 2.45) is 0 Å². The lowest BCUT2D eigenvalue weighted by Crippen LogP contribution is -1.77. The van der Waals surface area contributed by atoms with Crippen LogP contribution in [0.25, 0.3) is 11.0 Å². The molecule has 2 rings (SSSR count). The van der Waals surface area contributed by atoms with Gasteiger partial charge in [0, 0.05) is 11.6 Å². The summed E-state index contributed by atoms with van der Waals surface area (Å²) >= 11 is 3.47. The van der Waals surface area contributed by atoms with E-state index in [9.17, 15) is 0 Å². The SMILES string of the molecule is CCc1c(Br)[nH]c2ncccc12. The molecule has 0 aromatic carbocycles. The zero-order chi connectivity index (χ0) is 8.55.